The molecular formula is C12H17ClN2O. The van der Waals surface area contributed by atoms with Crippen molar-refractivity contribution in [1.29, 1.82) is 0 Å². The predicted octanol–water partition coefficient (Wildman–Crippen LogP) is 2.28. The Balaban J connectivity index is 2.13. The molecule has 1 aliphatic carbocycles. The summed E-state index contributed by atoms with van der Waals surface area (Å²) in [6.45, 7) is 0.846. The van der Waals surface area contributed by atoms with Gasteiger partial charge >= 0.3 is 0 Å². The van der Waals surface area contributed by atoms with E-state index in [4.69, 9.17) is 22.1 Å². The number of nitrogens with two attached hydrogens (primary N) is 1. The first-order valence-electron chi connectivity index (χ1n) is 5.38. The fraction of sp³-hybridized carbons (Fsp3) is 0.500. The largest absolute Gasteiger partial charge is 0.497 e. The Labute approximate surface area is 101 Å². The SMILES string of the molecule is COc1ccc(N(C)CC2(N)CC2)c(Cl)c1. The van der Waals surface area contributed by atoms with E-state index in [0.29, 0.717) is 5.02 Å². The fourth-order valence-corrected chi connectivity index (χ4v) is 2.12. The zero-order valence-electron chi connectivity index (χ0n) is 9.66. The molecule has 2 rings (SSSR count). The molecule has 1 saturated carbocycles. The van der Waals surface area contributed by atoms with Gasteiger partial charge in [-0.15, -0.1) is 0 Å². The van der Waals surface area contributed by atoms with Gasteiger partial charge in [0, 0.05) is 25.2 Å². The van der Waals surface area contributed by atoms with E-state index in [0.717, 1.165) is 30.8 Å². The maximum absolute atomic E-state index is 6.19. The van der Waals surface area contributed by atoms with Crippen LogP contribution in [0.5, 0.6) is 5.75 Å². The van der Waals surface area contributed by atoms with Crippen LogP contribution >= 0.6 is 11.6 Å². The molecule has 1 aromatic rings. The van der Waals surface area contributed by atoms with Gasteiger partial charge in [0.1, 0.15) is 5.75 Å². The Morgan fingerprint density at radius 3 is 2.69 bits per heavy atom. The van der Waals surface area contributed by atoms with Crippen LogP contribution in [0.3, 0.4) is 0 Å². The van der Waals surface area contributed by atoms with Gasteiger partial charge in [-0.3, -0.25) is 0 Å². The monoisotopic (exact) mass is 240 g/mol. The molecular weight excluding hydrogens is 224 g/mol. The quantitative estimate of drug-likeness (QED) is 0.878. The minimum Gasteiger partial charge on any atom is -0.497 e. The van der Waals surface area contributed by atoms with Gasteiger partial charge in [0.05, 0.1) is 17.8 Å². The molecule has 1 aliphatic rings. The van der Waals surface area contributed by atoms with Crippen molar-refractivity contribution >= 4 is 17.3 Å². The Kier molecular flexibility index (Phi) is 3.00. The number of hydrogen-bond donors (Lipinski definition) is 1. The van der Waals surface area contributed by atoms with Gasteiger partial charge in [0.25, 0.3) is 0 Å². The lowest BCUT2D eigenvalue weighted by atomic mass is 10.2. The highest BCUT2D eigenvalue weighted by atomic mass is 35.5. The van der Waals surface area contributed by atoms with Crippen LogP contribution in [-0.2, 0) is 0 Å². The second-order valence-electron chi connectivity index (χ2n) is 4.54. The number of benzene rings is 1. The Bertz CT molecular complexity index is 391. The van der Waals surface area contributed by atoms with Crippen LogP contribution in [0.4, 0.5) is 5.69 Å². The molecule has 0 heterocycles. The molecule has 0 aliphatic heterocycles. The molecule has 0 atom stereocenters. The molecule has 0 unspecified atom stereocenters. The van der Waals surface area contributed by atoms with Gasteiger partial charge < -0.3 is 15.4 Å². The minimum absolute atomic E-state index is 0.00198. The first-order chi connectivity index (χ1) is 7.54. The number of ether oxygens (including phenoxy) is 1. The first kappa shape index (κ1) is 11.6. The van der Waals surface area contributed by atoms with Gasteiger partial charge in [0.15, 0.2) is 0 Å². The topological polar surface area (TPSA) is 38.5 Å². The van der Waals surface area contributed by atoms with Crippen LogP contribution in [0.15, 0.2) is 18.2 Å². The number of anilines is 1. The van der Waals surface area contributed by atoms with Gasteiger partial charge in [-0.05, 0) is 25.0 Å². The summed E-state index contributed by atoms with van der Waals surface area (Å²) in [4.78, 5) is 2.11. The molecule has 88 valence electrons. The Hall–Kier alpha value is -0.930. The number of halogens is 1. The first-order valence-corrected chi connectivity index (χ1v) is 5.75. The van der Waals surface area contributed by atoms with Crippen LogP contribution in [0, 0.1) is 0 Å². The molecule has 0 bridgehead atoms. The van der Waals surface area contributed by atoms with Crippen molar-refractivity contribution in [2.75, 3.05) is 25.6 Å². The Morgan fingerprint density at radius 2 is 2.19 bits per heavy atom. The van der Waals surface area contributed by atoms with E-state index in [2.05, 4.69) is 4.90 Å². The molecule has 2 N–H and O–H groups in total. The maximum Gasteiger partial charge on any atom is 0.120 e. The summed E-state index contributed by atoms with van der Waals surface area (Å²) in [5.41, 5.74) is 7.08. The fourth-order valence-electron chi connectivity index (χ4n) is 1.80. The lowest BCUT2D eigenvalue weighted by Gasteiger charge is -2.24. The molecule has 0 radical (unpaired) electrons. The van der Waals surface area contributed by atoms with Crippen molar-refractivity contribution in [1.82, 2.24) is 0 Å². The average Bonchev–Trinajstić information content (AvgIpc) is 2.95. The lowest BCUT2D eigenvalue weighted by Crippen LogP contribution is -2.37. The summed E-state index contributed by atoms with van der Waals surface area (Å²) in [6, 6.07) is 5.70. The van der Waals surface area contributed by atoms with Crippen molar-refractivity contribution in [2.24, 2.45) is 5.73 Å². The zero-order chi connectivity index (χ0) is 11.8. The molecule has 0 amide bonds. The van der Waals surface area contributed by atoms with Crippen LogP contribution in [0.25, 0.3) is 0 Å². The molecule has 0 saturated heterocycles. The zero-order valence-corrected chi connectivity index (χ0v) is 10.4. The molecule has 1 aromatic carbocycles. The average molecular weight is 241 g/mol. The molecule has 0 aromatic heterocycles. The van der Waals surface area contributed by atoms with E-state index in [1.807, 2.05) is 25.2 Å². The third kappa shape index (κ3) is 2.42. The summed E-state index contributed by atoms with van der Waals surface area (Å²) < 4.78 is 5.12. The summed E-state index contributed by atoms with van der Waals surface area (Å²) in [6.07, 6.45) is 2.20. The van der Waals surface area contributed by atoms with E-state index in [9.17, 15) is 0 Å². The van der Waals surface area contributed by atoms with Crippen LogP contribution in [0.1, 0.15) is 12.8 Å². The molecule has 3 nitrogen and oxygen atoms in total. The molecule has 4 heteroatoms. The summed E-state index contributed by atoms with van der Waals surface area (Å²) in [5.74, 6) is 0.774. The van der Waals surface area contributed by atoms with Crippen molar-refractivity contribution in [3.05, 3.63) is 23.2 Å². The summed E-state index contributed by atoms with van der Waals surface area (Å²) in [7, 11) is 3.65. The molecule has 0 spiro atoms. The van der Waals surface area contributed by atoms with Gasteiger partial charge in [-0.25, -0.2) is 0 Å². The minimum atomic E-state index is -0.00198. The van der Waals surface area contributed by atoms with Gasteiger partial charge in [-0.2, -0.15) is 0 Å². The number of hydrogen-bond acceptors (Lipinski definition) is 3. The third-order valence-electron chi connectivity index (χ3n) is 3.01. The highest BCUT2D eigenvalue weighted by Crippen LogP contribution is 2.36. The van der Waals surface area contributed by atoms with E-state index >= 15 is 0 Å². The van der Waals surface area contributed by atoms with Crippen LogP contribution < -0.4 is 15.4 Å². The highest BCUT2D eigenvalue weighted by molar-refractivity contribution is 6.33. The highest BCUT2D eigenvalue weighted by Gasteiger charge is 2.39. The number of likely N-dealkylation sites (N-methyl/N-ethyl adjacent to an activating group) is 1. The predicted molar refractivity (Wildman–Crippen MR) is 67.4 cm³/mol. The van der Waals surface area contributed by atoms with E-state index in [1.54, 1.807) is 7.11 Å². The summed E-state index contributed by atoms with van der Waals surface area (Å²) in [5, 5.41) is 0.700. The summed E-state index contributed by atoms with van der Waals surface area (Å²) >= 11 is 6.19. The number of rotatable bonds is 4. The van der Waals surface area contributed by atoms with Crippen molar-refractivity contribution in [2.45, 2.75) is 18.4 Å². The van der Waals surface area contributed by atoms with Gasteiger partial charge in [-0.1, -0.05) is 11.6 Å². The lowest BCUT2D eigenvalue weighted by molar-refractivity contribution is 0.415. The number of methoxy groups -OCH3 is 1. The standard InChI is InChI=1S/C12H17ClN2O/c1-15(8-12(14)5-6-12)11-4-3-9(16-2)7-10(11)13/h3-4,7H,5-6,8,14H2,1-2H3. The second kappa shape index (κ2) is 4.15. The second-order valence-corrected chi connectivity index (χ2v) is 4.94. The molecule has 1 fully saturated rings. The van der Waals surface area contributed by atoms with E-state index in [-0.39, 0.29) is 5.54 Å². The smallest absolute Gasteiger partial charge is 0.120 e. The van der Waals surface area contributed by atoms with Gasteiger partial charge in [0.2, 0.25) is 0 Å². The Morgan fingerprint density at radius 1 is 1.50 bits per heavy atom. The number of nitrogens with zero attached hydrogens (tertiary/aromatic N) is 1. The maximum atomic E-state index is 6.19. The normalized spacial score (nSPS) is 17.0. The van der Waals surface area contributed by atoms with E-state index < -0.39 is 0 Å². The van der Waals surface area contributed by atoms with Crippen LogP contribution in [0.2, 0.25) is 5.02 Å². The van der Waals surface area contributed by atoms with Crippen molar-refractivity contribution < 1.29 is 4.74 Å². The van der Waals surface area contributed by atoms with Crippen molar-refractivity contribution in [3.8, 4) is 5.75 Å². The van der Waals surface area contributed by atoms with Crippen LogP contribution in [-0.4, -0.2) is 26.2 Å². The third-order valence-corrected chi connectivity index (χ3v) is 3.31. The molecule has 16 heavy (non-hydrogen) atoms. The van der Waals surface area contributed by atoms with E-state index in [1.165, 1.54) is 0 Å². The van der Waals surface area contributed by atoms with Crippen molar-refractivity contribution in [3.63, 3.8) is 0 Å².